The fraction of sp³-hybridized carbons (Fsp3) is 0.444. The molecule has 0 aliphatic heterocycles. The summed E-state index contributed by atoms with van der Waals surface area (Å²) in [4.78, 5) is 32.0. The average Bonchev–Trinajstić information content (AvgIpc) is 2.15. The highest BCUT2D eigenvalue weighted by Gasteiger charge is 2.23. The summed E-state index contributed by atoms with van der Waals surface area (Å²) in [6.07, 6.45) is 4.29. The summed E-state index contributed by atoms with van der Waals surface area (Å²) in [7, 11) is 0. The number of carbonyl (C=O) groups excluding carboxylic acids is 1. The molecule has 0 spiro atoms. The maximum Gasteiger partial charge on any atom is 0.326 e. The van der Waals surface area contributed by atoms with Crippen LogP contribution >= 0.6 is 0 Å². The van der Waals surface area contributed by atoms with E-state index in [4.69, 9.17) is 16.6 Å². The molecule has 7 heteroatoms. The Balaban J connectivity index is 4.30. The molecule has 0 radical (unpaired) electrons. The van der Waals surface area contributed by atoms with Crippen LogP contribution in [0.5, 0.6) is 0 Å². The van der Waals surface area contributed by atoms with Crippen LogP contribution in [-0.4, -0.2) is 40.3 Å². The summed E-state index contributed by atoms with van der Waals surface area (Å²) in [6.45, 7) is 1.52. The highest BCUT2D eigenvalue weighted by molar-refractivity contribution is 5.86. The molecule has 16 heavy (non-hydrogen) atoms. The summed E-state index contributed by atoms with van der Waals surface area (Å²) in [5.41, 5.74) is 0. The van der Waals surface area contributed by atoms with Crippen LogP contribution in [0.2, 0.25) is 0 Å². The molecule has 7 nitrogen and oxygen atoms in total. The molecule has 2 atom stereocenters. The first-order valence-electron chi connectivity index (χ1n) is 4.34. The molecule has 88 valence electrons. The van der Waals surface area contributed by atoms with Gasteiger partial charge in [0, 0.05) is 0 Å². The van der Waals surface area contributed by atoms with Crippen LogP contribution in [-0.2, 0) is 9.59 Å². The van der Waals surface area contributed by atoms with E-state index >= 15 is 0 Å². The van der Waals surface area contributed by atoms with Crippen molar-refractivity contribution in [3.8, 4) is 12.3 Å². The van der Waals surface area contributed by atoms with Crippen LogP contribution in [0.4, 0.5) is 4.79 Å². The molecule has 0 fully saturated rings. The molecular weight excluding hydrogens is 216 g/mol. The first kappa shape index (κ1) is 13.8. The largest absolute Gasteiger partial charge is 0.481 e. The van der Waals surface area contributed by atoms with Gasteiger partial charge < -0.3 is 20.8 Å². The number of carboxylic acid groups (broad SMARTS) is 2. The average molecular weight is 228 g/mol. The summed E-state index contributed by atoms with van der Waals surface area (Å²) in [6, 6.07) is -2.87. The van der Waals surface area contributed by atoms with Crippen molar-refractivity contribution in [3.63, 3.8) is 0 Å². The number of carboxylic acids is 2. The van der Waals surface area contributed by atoms with Crippen LogP contribution in [0.3, 0.4) is 0 Å². The molecule has 0 aliphatic rings. The third kappa shape index (κ3) is 5.49. The normalized spacial score (nSPS) is 13.0. The number of terminal acetylenes is 1. The minimum Gasteiger partial charge on any atom is -0.481 e. The number of rotatable bonds is 5. The van der Waals surface area contributed by atoms with Gasteiger partial charge in [0.05, 0.1) is 12.5 Å². The summed E-state index contributed by atoms with van der Waals surface area (Å²) in [5, 5.41) is 21.3. The standard InChI is InChI=1S/C9H12N2O5/c1-3-5(2)10-9(16)11-6(8(14)15)4-7(12)13/h1,5-6H,4H2,2H3,(H,12,13)(H,14,15)(H2,10,11,16)/t5?,6-/m1/s1. The van der Waals surface area contributed by atoms with Gasteiger partial charge in [-0.05, 0) is 6.92 Å². The van der Waals surface area contributed by atoms with Crippen molar-refractivity contribution in [2.75, 3.05) is 0 Å². The van der Waals surface area contributed by atoms with Crippen molar-refractivity contribution in [1.29, 1.82) is 0 Å². The van der Waals surface area contributed by atoms with Gasteiger partial charge in [-0.3, -0.25) is 4.79 Å². The van der Waals surface area contributed by atoms with E-state index in [1.165, 1.54) is 6.92 Å². The molecular formula is C9H12N2O5. The van der Waals surface area contributed by atoms with E-state index in [0.29, 0.717) is 0 Å². The van der Waals surface area contributed by atoms with Crippen LogP contribution in [0, 0.1) is 12.3 Å². The van der Waals surface area contributed by atoms with E-state index in [-0.39, 0.29) is 0 Å². The molecule has 0 aromatic carbocycles. The lowest BCUT2D eigenvalue weighted by Gasteiger charge is -2.14. The summed E-state index contributed by atoms with van der Waals surface area (Å²) < 4.78 is 0. The van der Waals surface area contributed by atoms with E-state index in [2.05, 4.69) is 11.2 Å². The maximum atomic E-state index is 11.1. The Labute approximate surface area is 91.8 Å². The topological polar surface area (TPSA) is 116 Å². The lowest BCUT2D eigenvalue weighted by Crippen LogP contribution is -2.48. The molecule has 1 unspecified atom stereocenters. The quantitative estimate of drug-likeness (QED) is 0.461. The van der Waals surface area contributed by atoms with Gasteiger partial charge in [0.25, 0.3) is 0 Å². The lowest BCUT2D eigenvalue weighted by atomic mass is 10.2. The third-order valence-electron chi connectivity index (χ3n) is 1.58. The highest BCUT2D eigenvalue weighted by atomic mass is 16.4. The van der Waals surface area contributed by atoms with E-state index in [9.17, 15) is 14.4 Å². The van der Waals surface area contributed by atoms with Crippen LogP contribution in [0.15, 0.2) is 0 Å². The highest BCUT2D eigenvalue weighted by Crippen LogP contribution is 1.93. The van der Waals surface area contributed by atoms with Crippen LogP contribution in [0.1, 0.15) is 13.3 Å². The van der Waals surface area contributed by atoms with Crippen LogP contribution < -0.4 is 10.6 Å². The van der Waals surface area contributed by atoms with Gasteiger partial charge in [-0.15, -0.1) is 6.42 Å². The van der Waals surface area contributed by atoms with E-state index < -0.39 is 36.5 Å². The second kappa shape index (κ2) is 6.29. The Morgan fingerprint density at radius 1 is 1.31 bits per heavy atom. The Kier molecular flexibility index (Phi) is 5.41. The zero-order valence-electron chi connectivity index (χ0n) is 8.56. The molecule has 0 saturated carbocycles. The fourth-order valence-corrected chi connectivity index (χ4v) is 0.813. The second-order valence-electron chi connectivity index (χ2n) is 2.99. The molecule has 0 aromatic heterocycles. The molecule has 0 saturated heterocycles. The number of hydrogen-bond donors (Lipinski definition) is 4. The number of nitrogens with one attached hydrogen (secondary N) is 2. The predicted octanol–water partition coefficient (Wildman–Crippen LogP) is -0.765. The van der Waals surface area contributed by atoms with E-state index in [1.807, 2.05) is 5.32 Å². The van der Waals surface area contributed by atoms with Gasteiger partial charge in [-0.25, -0.2) is 9.59 Å². The van der Waals surface area contributed by atoms with Crippen molar-refractivity contribution in [2.24, 2.45) is 0 Å². The fourth-order valence-electron chi connectivity index (χ4n) is 0.813. The van der Waals surface area contributed by atoms with Crippen molar-refractivity contribution in [2.45, 2.75) is 25.4 Å². The van der Waals surface area contributed by atoms with Gasteiger partial charge in [0.2, 0.25) is 0 Å². The van der Waals surface area contributed by atoms with Crippen LogP contribution in [0.25, 0.3) is 0 Å². The smallest absolute Gasteiger partial charge is 0.326 e. The van der Waals surface area contributed by atoms with Crippen molar-refractivity contribution in [1.82, 2.24) is 10.6 Å². The third-order valence-corrected chi connectivity index (χ3v) is 1.58. The molecule has 0 bridgehead atoms. The molecule has 0 heterocycles. The van der Waals surface area contributed by atoms with Gasteiger partial charge in [0.1, 0.15) is 6.04 Å². The van der Waals surface area contributed by atoms with E-state index in [1.54, 1.807) is 0 Å². The zero-order valence-corrected chi connectivity index (χ0v) is 8.56. The second-order valence-corrected chi connectivity index (χ2v) is 2.99. The number of carbonyl (C=O) groups is 3. The first-order valence-corrected chi connectivity index (χ1v) is 4.34. The van der Waals surface area contributed by atoms with Gasteiger partial charge in [0.15, 0.2) is 0 Å². The first-order chi connectivity index (χ1) is 7.36. The van der Waals surface area contributed by atoms with Crippen molar-refractivity contribution in [3.05, 3.63) is 0 Å². The lowest BCUT2D eigenvalue weighted by molar-refractivity contribution is -0.145. The molecule has 0 rings (SSSR count). The Morgan fingerprint density at radius 2 is 1.88 bits per heavy atom. The summed E-state index contributed by atoms with van der Waals surface area (Å²) >= 11 is 0. The number of amides is 2. The van der Waals surface area contributed by atoms with Gasteiger partial charge in [-0.2, -0.15) is 0 Å². The molecule has 0 aliphatic carbocycles. The minimum atomic E-state index is -1.48. The number of hydrogen-bond acceptors (Lipinski definition) is 3. The Morgan fingerprint density at radius 3 is 2.25 bits per heavy atom. The van der Waals surface area contributed by atoms with Crippen molar-refractivity contribution < 1.29 is 24.6 Å². The molecule has 4 N–H and O–H groups in total. The summed E-state index contributed by atoms with van der Waals surface area (Å²) in [5.74, 6) is -0.543. The Bertz CT molecular complexity index is 333. The van der Waals surface area contributed by atoms with E-state index in [0.717, 1.165) is 0 Å². The monoisotopic (exact) mass is 228 g/mol. The predicted molar refractivity (Wildman–Crippen MR) is 53.6 cm³/mol. The Hall–Kier alpha value is -2.23. The van der Waals surface area contributed by atoms with Gasteiger partial charge >= 0.3 is 18.0 Å². The number of aliphatic carboxylic acids is 2. The van der Waals surface area contributed by atoms with Gasteiger partial charge in [-0.1, -0.05) is 5.92 Å². The zero-order chi connectivity index (χ0) is 12.7. The molecule has 0 aromatic rings. The maximum absolute atomic E-state index is 11.1. The SMILES string of the molecule is C#CC(C)NC(=O)N[C@H](CC(=O)O)C(=O)O. The van der Waals surface area contributed by atoms with Crippen molar-refractivity contribution >= 4 is 18.0 Å². The minimum absolute atomic E-state index is 0.570. The number of urea groups is 1. The molecule has 2 amide bonds.